The Labute approximate surface area is 101 Å². The topological polar surface area (TPSA) is 44.8 Å². The molecule has 3 rings (SSSR count). The number of ether oxygens (including phenoxy) is 3. The van der Waals surface area contributed by atoms with Crippen molar-refractivity contribution in [2.24, 2.45) is 0 Å². The molecule has 0 saturated carbocycles. The highest BCUT2D eigenvalue weighted by Gasteiger charge is 2.28. The van der Waals surface area contributed by atoms with Crippen LogP contribution in [-0.4, -0.2) is 12.8 Å². The van der Waals surface area contributed by atoms with Crippen LogP contribution in [0.4, 0.5) is 0 Å². The van der Waals surface area contributed by atoms with E-state index in [9.17, 15) is 4.79 Å². The van der Waals surface area contributed by atoms with E-state index in [-0.39, 0.29) is 18.9 Å². The van der Waals surface area contributed by atoms with Crippen molar-refractivity contribution in [1.82, 2.24) is 0 Å². The number of carbonyl (C=O) groups excluding carboxylic acids is 1. The Morgan fingerprint density at radius 1 is 1.31 bits per heavy atom. The molecule has 84 valence electrons. The molecule has 2 heterocycles. The van der Waals surface area contributed by atoms with Gasteiger partial charge in [0.25, 0.3) is 0 Å². The first-order chi connectivity index (χ1) is 7.74. The number of benzene rings is 1. The van der Waals surface area contributed by atoms with Crippen molar-refractivity contribution in [3.63, 3.8) is 0 Å². The van der Waals surface area contributed by atoms with E-state index in [1.54, 1.807) is 0 Å². The second-order valence-electron chi connectivity index (χ2n) is 3.75. The van der Waals surface area contributed by atoms with Crippen molar-refractivity contribution in [3.05, 3.63) is 22.2 Å². The standard InChI is InChI=1S/C11H9BrO4/c12-7-3-6(8-1-2-10(13)16-8)4-9-11(7)15-5-14-9/h3-4,8H,1-2,5H2. The van der Waals surface area contributed by atoms with Gasteiger partial charge in [-0.05, 0) is 40.0 Å². The third-order valence-electron chi connectivity index (χ3n) is 2.71. The minimum atomic E-state index is -0.154. The zero-order valence-electron chi connectivity index (χ0n) is 8.36. The Morgan fingerprint density at radius 3 is 2.94 bits per heavy atom. The fourth-order valence-corrected chi connectivity index (χ4v) is 2.51. The third kappa shape index (κ3) is 1.55. The summed E-state index contributed by atoms with van der Waals surface area (Å²) in [5.41, 5.74) is 0.946. The van der Waals surface area contributed by atoms with E-state index in [2.05, 4.69) is 15.9 Å². The number of halogens is 1. The molecule has 0 aliphatic carbocycles. The van der Waals surface area contributed by atoms with Crippen LogP contribution in [0.15, 0.2) is 16.6 Å². The molecule has 0 N–H and O–H groups in total. The van der Waals surface area contributed by atoms with Crippen LogP contribution in [0.3, 0.4) is 0 Å². The van der Waals surface area contributed by atoms with Gasteiger partial charge in [-0.25, -0.2) is 0 Å². The molecule has 1 fully saturated rings. The molecule has 0 aromatic heterocycles. The van der Waals surface area contributed by atoms with Crippen LogP contribution in [0.2, 0.25) is 0 Å². The quantitative estimate of drug-likeness (QED) is 0.744. The number of rotatable bonds is 1. The highest BCUT2D eigenvalue weighted by atomic mass is 79.9. The van der Waals surface area contributed by atoms with Gasteiger partial charge in [0, 0.05) is 6.42 Å². The molecule has 0 radical (unpaired) electrons. The van der Waals surface area contributed by atoms with Gasteiger partial charge in [-0.3, -0.25) is 4.79 Å². The largest absolute Gasteiger partial charge is 0.457 e. The normalized spacial score (nSPS) is 22.3. The molecule has 0 bridgehead atoms. The number of cyclic esters (lactones) is 1. The lowest BCUT2D eigenvalue weighted by molar-refractivity contribution is -0.141. The molecule has 1 saturated heterocycles. The predicted molar refractivity (Wildman–Crippen MR) is 58.3 cm³/mol. The van der Waals surface area contributed by atoms with Crippen molar-refractivity contribution < 1.29 is 19.0 Å². The number of hydrogen-bond donors (Lipinski definition) is 0. The predicted octanol–water partition coefficient (Wildman–Crippen LogP) is 2.56. The van der Waals surface area contributed by atoms with Gasteiger partial charge < -0.3 is 14.2 Å². The van der Waals surface area contributed by atoms with Gasteiger partial charge in [-0.2, -0.15) is 0 Å². The lowest BCUT2D eigenvalue weighted by Gasteiger charge is -2.11. The van der Waals surface area contributed by atoms with Crippen LogP contribution in [0.5, 0.6) is 11.5 Å². The van der Waals surface area contributed by atoms with Gasteiger partial charge in [0.05, 0.1) is 4.47 Å². The maximum Gasteiger partial charge on any atom is 0.306 e. The highest BCUT2D eigenvalue weighted by Crippen LogP contribution is 2.43. The molecule has 1 atom stereocenters. The van der Waals surface area contributed by atoms with E-state index in [1.165, 1.54) is 0 Å². The molecule has 0 amide bonds. The Balaban J connectivity index is 1.97. The highest BCUT2D eigenvalue weighted by molar-refractivity contribution is 9.10. The average Bonchev–Trinajstić information content (AvgIpc) is 2.85. The molecule has 2 aliphatic rings. The van der Waals surface area contributed by atoms with E-state index in [1.807, 2.05) is 12.1 Å². The SMILES string of the molecule is O=C1CCC(c2cc(Br)c3c(c2)OCO3)O1. The Kier molecular flexibility index (Phi) is 2.28. The summed E-state index contributed by atoms with van der Waals surface area (Å²) in [7, 11) is 0. The first-order valence-electron chi connectivity index (χ1n) is 5.02. The van der Waals surface area contributed by atoms with Crippen LogP contribution < -0.4 is 9.47 Å². The maximum absolute atomic E-state index is 11.1. The molecule has 0 spiro atoms. The summed E-state index contributed by atoms with van der Waals surface area (Å²) in [5.74, 6) is 1.28. The number of fused-ring (bicyclic) bond motifs is 1. The minimum Gasteiger partial charge on any atom is -0.457 e. The Morgan fingerprint density at radius 2 is 2.19 bits per heavy atom. The van der Waals surface area contributed by atoms with Gasteiger partial charge in [0.1, 0.15) is 6.10 Å². The van der Waals surface area contributed by atoms with Gasteiger partial charge in [-0.15, -0.1) is 0 Å². The third-order valence-corrected chi connectivity index (χ3v) is 3.29. The molecular formula is C11H9BrO4. The molecule has 1 aromatic rings. The molecule has 4 nitrogen and oxygen atoms in total. The summed E-state index contributed by atoms with van der Waals surface area (Å²) in [6, 6.07) is 3.78. The first kappa shape index (κ1) is 9.96. The van der Waals surface area contributed by atoms with Crippen molar-refractivity contribution in [2.45, 2.75) is 18.9 Å². The van der Waals surface area contributed by atoms with Crippen LogP contribution in [0, 0.1) is 0 Å². The number of carbonyl (C=O) groups is 1. The molecule has 16 heavy (non-hydrogen) atoms. The fraction of sp³-hybridized carbons (Fsp3) is 0.364. The van der Waals surface area contributed by atoms with Crippen molar-refractivity contribution >= 4 is 21.9 Å². The molecule has 2 aliphatic heterocycles. The first-order valence-corrected chi connectivity index (χ1v) is 5.82. The monoisotopic (exact) mass is 284 g/mol. The van der Waals surface area contributed by atoms with Gasteiger partial charge >= 0.3 is 5.97 Å². The molecule has 1 aromatic carbocycles. The zero-order valence-corrected chi connectivity index (χ0v) is 9.95. The van der Waals surface area contributed by atoms with Gasteiger partial charge in [0.2, 0.25) is 6.79 Å². The van der Waals surface area contributed by atoms with Crippen LogP contribution >= 0.6 is 15.9 Å². The molecule has 1 unspecified atom stereocenters. The van der Waals surface area contributed by atoms with Crippen molar-refractivity contribution in [1.29, 1.82) is 0 Å². The summed E-state index contributed by atoms with van der Waals surface area (Å²) >= 11 is 3.41. The van der Waals surface area contributed by atoms with Crippen molar-refractivity contribution in [2.75, 3.05) is 6.79 Å². The smallest absolute Gasteiger partial charge is 0.306 e. The summed E-state index contributed by atoms with van der Waals surface area (Å²) in [4.78, 5) is 11.1. The van der Waals surface area contributed by atoms with Crippen LogP contribution in [0.1, 0.15) is 24.5 Å². The van der Waals surface area contributed by atoms with E-state index in [0.717, 1.165) is 16.5 Å². The maximum atomic E-state index is 11.1. The number of hydrogen-bond acceptors (Lipinski definition) is 4. The van der Waals surface area contributed by atoms with Gasteiger partial charge in [-0.1, -0.05) is 0 Å². The van der Waals surface area contributed by atoms with Gasteiger partial charge in [0.15, 0.2) is 11.5 Å². The summed E-state index contributed by atoms with van der Waals surface area (Å²) < 4.78 is 16.6. The lowest BCUT2D eigenvalue weighted by atomic mass is 10.1. The second-order valence-corrected chi connectivity index (χ2v) is 4.61. The zero-order chi connectivity index (χ0) is 11.1. The van der Waals surface area contributed by atoms with Crippen molar-refractivity contribution in [3.8, 4) is 11.5 Å². The van der Waals surface area contributed by atoms with E-state index in [4.69, 9.17) is 14.2 Å². The average molecular weight is 285 g/mol. The van der Waals surface area contributed by atoms with E-state index >= 15 is 0 Å². The number of esters is 1. The van der Waals surface area contributed by atoms with Crippen LogP contribution in [-0.2, 0) is 9.53 Å². The molecular weight excluding hydrogens is 276 g/mol. The lowest BCUT2D eigenvalue weighted by Crippen LogP contribution is -1.98. The Bertz CT molecular complexity index is 458. The van der Waals surface area contributed by atoms with E-state index < -0.39 is 0 Å². The fourth-order valence-electron chi connectivity index (χ4n) is 1.93. The summed E-state index contributed by atoms with van der Waals surface area (Å²) in [5, 5.41) is 0. The minimum absolute atomic E-state index is 0.140. The summed E-state index contributed by atoms with van der Waals surface area (Å²) in [6.45, 7) is 0.238. The van der Waals surface area contributed by atoms with Crippen LogP contribution in [0.25, 0.3) is 0 Å². The Hall–Kier alpha value is -1.23. The second kappa shape index (κ2) is 3.66. The van der Waals surface area contributed by atoms with E-state index in [0.29, 0.717) is 17.9 Å². The molecule has 5 heteroatoms. The summed E-state index contributed by atoms with van der Waals surface area (Å²) in [6.07, 6.45) is 1.06.